The van der Waals surface area contributed by atoms with Crippen LogP contribution in [0.15, 0.2) is 29.8 Å². The first-order valence-electron chi connectivity index (χ1n) is 7.04. The van der Waals surface area contributed by atoms with Gasteiger partial charge in [-0.05, 0) is 37.7 Å². The summed E-state index contributed by atoms with van der Waals surface area (Å²) in [6, 6.07) is 7.30. The van der Waals surface area contributed by atoms with Crippen LogP contribution < -0.4 is 10.1 Å². The van der Waals surface area contributed by atoms with Crippen LogP contribution in [0.1, 0.15) is 25.8 Å². The van der Waals surface area contributed by atoms with E-state index in [-0.39, 0.29) is 16.8 Å². The Hall–Kier alpha value is -2.21. The van der Waals surface area contributed by atoms with Gasteiger partial charge in [-0.1, -0.05) is 25.1 Å². The molecule has 22 heavy (non-hydrogen) atoms. The molecule has 0 spiro atoms. The van der Waals surface area contributed by atoms with Gasteiger partial charge in [-0.2, -0.15) is 0 Å². The van der Waals surface area contributed by atoms with Gasteiger partial charge in [0.2, 0.25) is 0 Å². The molecular weight excluding hydrogens is 300 g/mol. The Labute approximate surface area is 134 Å². The van der Waals surface area contributed by atoms with Crippen molar-refractivity contribution < 1.29 is 14.3 Å². The number of hydrogen-bond acceptors (Lipinski definition) is 4. The predicted molar refractivity (Wildman–Crippen MR) is 88.3 cm³/mol. The van der Waals surface area contributed by atoms with Crippen molar-refractivity contribution in [2.45, 2.75) is 26.4 Å². The zero-order chi connectivity index (χ0) is 16.3. The number of ether oxygens (including phenoxy) is 1. The largest absolute Gasteiger partial charge is 0.490 e. The van der Waals surface area contributed by atoms with Crippen molar-refractivity contribution in [2.75, 3.05) is 7.05 Å². The number of carbonyl (C=O) groups is 2. The Balaban J connectivity index is 2.38. The molecule has 2 amide bonds. The zero-order valence-electron chi connectivity index (χ0n) is 12.8. The molecule has 1 heterocycles. The minimum absolute atomic E-state index is 0.0382. The van der Waals surface area contributed by atoms with Gasteiger partial charge in [0.1, 0.15) is 11.3 Å². The van der Waals surface area contributed by atoms with Crippen molar-refractivity contribution in [2.24, 2.45) is 0 Å². The molecule has 1 aromatic rings. The highest BCUT2D eigenvalue weighted by Crippen LogP contribution is 2.24. The van der Waals surface area contributed by atoms with Crippen LogP contribution in [0.3, 0.4) is 0 Å². The first kappa shape index (κ1) is 16.2. The van der Waals surface area contributed by atoms with Crippen molar-refractivity contribution >= 4 is 35.2 Å². The minimum Gasteiger partial charge on any atom is -0.490 e. The first-order valence-corrected chi connectivity index (χ1v) is 7.45. The van der Waals surface area contributed by atoms with E-state index in [1.807, 2.05) is 32.0 Å². The summed E-state index contributed by atoms with van der Waals surface area (Å²) in [5, 5.41) is 2.60. The number of nitrogens with zero attached hydrogens (tertiary/aromatic N) is 1. The first-order chi connectivity index (χ1) is 10.4. The molecule has 5 nitrogen and oxygen atoms in total. The van der Waals surface area contributed by atoms with Crippen molar-refractivity contribution in [3.05, 3.63) is 35.4 Å². The summed E-state index contributed by atoms with van der Waals surface area (Å²) >= 11 is 4.92. The number of rotatable bonds is 4. The predicted octanol–water partition coefficient (Wildman–Crippen LogP) is 2.12. The van der Waals surface area contributed by atoms with Crippen LogP contribution in [0.4, 0.5) is 0 Å². The van der Waals surface area contributed by atoms with Gasteiger partial charge in [-0.25, -0.2) is 0 Å². The monoisotopic (exact) mass is 318 g/mol. The molecule has 6 heteroatoms. The fourth-order valence-corrected chi connectivity index (χ4v) is 2.08. The maximum Gasteiger partial charge on any atom is 0.265 e. The third-order valence-electron chi connectivity index (χ3n) is 3.43. The molecule has 1 N–H and O–H groups in total. The van der Waals surface area contributed by atoms with Gasteiger partial charge in [0.05, 0.1) is 6.10 Å². The van der Waals surface area contributed by atoms with Gasteiger partial charge in [-0.3, -0.25) is 19.8 Å². The van der Waals surface area contributed by atoms with E-state index in [1.54, 1.807) is 6.07 Å². The molecule has 1 aromatic carbocycles. The standard InChI is InChI=1S/C16H18N2O3S/c1-4-10(2)21-13-8-6-5-7-11(13)9-12-14(19)17-16(22)18(3)15(12)20/h5-10H,4H2,1-3H3,(H,17,19,22)/b12-9+. The maximum absolute atomic E-state index is 12.2. The zero-order valence-corrected chi connectivity index (χ0v) is 13.6. The number of benzene rings is 1. The Kier molecular flexibility index (Phi) is 4.92. The van der Waals surface area contributed by atoms with E-state index in [0.29, 0.717) is 11.3 Å². The second-order valence-electron chi connectivity index (χ2n) is 5.06. The van der Waals surface area contributed by atoms with E-state index in [1.165, 1.54) is 18.0 Å². The molecular formula is C16H18N2O3S. The van der Waals surface area contributed by atoms with Crippen LogP contribution in [0, 0.1) is 0 Å². The summed E-state index contributed by atoms with van der Waals surface area (Å²) < 4.78 is 5.83. The van der Waals surface area contributed by atoms with E-state index in [2.05, 4.69) is 5.32 Å². The van der Waals surface area contributed by atoms with Crippen molar-refractivity contribution in [1.29, 1.82) is 0 Å². The van der Waals surface area contributed by atoms with E-state index in [0.717, 1.165) is 6.42 Å². The molecule has 0 aliphatic carbocycles. The summed E-state index contributed by atoms with van der Waals surface area (Å²) in [7, 11) is 1.53. The summed E-state index contributed by atoms with van der Waals surface area (Å²) in [6.07, 6.45) is 2.44. The van der Waals surface area contributed by atoms with Gasteiger partial charge in [0.15, 0.2) is 5.11 Å². The van der Waals surface area contributed by atoms with Crippen molar-refractivity contribution in [3.8, 4) is 5.75 Å². The normalized spacial score (nSPS) is 18.4. The Morgan fingerprint density at radius 3 is 2.73 bits per heavy atom. The van der Waals surface area contributed by atoms with E-state index < -0.39 is 11.8 Å². The molecule has 1 fully saturated rings. The molecule has 0 saturated carbocycles. The quantitative estimate of drug-likeness (QED) is 0.525. The van der Waals surface area contributed by atoms with Gasteiger partial charge >= 0.3 is 0 Å². The average Bonchev–Trinajstić information content (AvgIpc) is 2.50. The van der Waals surface area contributed by atoms with Crippen LogP contribution >= 0.6 is 12.2 Å². The van der Waals surface area contributed by atoms with Crippen LogP contribution in [0.2, 0.25) is 0 Å². The molecule has 116 valence electrons. The molecule has 2 rings (SSSR count). The number of likely N-dealkylation sites (N-methyl/N-ethyl adjacent to an activating group) is 1. The lowest BCUT2D eigenvalue weighted by atomic mass is 10.1. The fraction of sp³-hybridized carbons (Fsp3) is 0.312. The number of para-hydroxylation sites is 1. The molecule has 0 bridgehead atoms. The fourth-order valence-electron chi connectivity index (χ4n) is 1.91. The SMILES string of the molecule is CCC(C)Oc1ccccc1/C=C1\C(=O)NC(=S)N(C)C1=O. The Bertz CT molecular complexity index is 655. The van der Waals surface area contributed by atoms with Gasteiger partial charge in [-0.15, -0.1) is 0 Å². The summed E-state index contributed by atoms with van der Waals surface area (Å²) in [6.45, 7) is 3.99. The van der Waals surface area contributed by atoms with Gasteiger partial charge in [0.25, 0.3) is 11.8 Å². The molecule has 0 aromatic heterocycles. The van der Waals surface area contributed by atoms with Crippen LogP contribution in [0.5, 0.6) is 5.75 Å². The third-order valence-corrected chi connectivity index (χ3v) is 3.80. The Morgan fingerprint density at radius 1 is 1.36 bits per heavy atom. The molecule has 1 aliphatic rings. The number of nitrogens with one attached hydrogen (secondary N) is 1. The van der Waals surface area contributed by atoms with Crippen LogP contribution in [-0.4, -0.2) is 35.0 Å². The number of thiocarbonyl (C=S) groups is 1. The van der Waals surface area contributed by atoms with E-state index in [4.69, 9.17) is 17.0 Å². The number of carbonyl (C=O) groups excluding carboxylic acids is 2. The number of hydrogen-bond donors (Lipinski definition) is 1. The second kappa shape index (κ2) is 6.70. The highest BCUT2D eigenvalue weighted by atomic mass is 32.1. The summed E-state index contributed by atoms with van der Waals surface area (Å²) in [4.78, 5) is 25.4. The second-order valence-corrected chi connectivity index (χ2v) is 5.44. The summed E-state index contributed by atoms with van der Waals surface area (Å²) in [5.74, 6) is -0.278. The van der Waals surface area contributed by atoms with E-state index >= 15 is 0 Å². The minimum atomic E-state index is -0.494. The lowest BCUT2D eigenvalue weighted by Crippen LogP contribution is -2.52. The molecule has 1 aliphatic heterocycles. The van der Waals surface area contributed by atoms with Crippen LogP contribution in [0.25, 0.3) is 6.08 Å². The third kappa shape index (κ3) is 3.33. The molecule has 1 atom stereocenters. The van der Waals surface area contributed by atoms with Crippen molar-refractivity contribution in [1.82, 2.24) is 10.2 Å². The summed E-state index contributed by atoms with van der Waals surface area (Å²) in [5.41, 5.74) is 0.721. The van der Waals surface area contributed by atoms with Gasteiger partial charge in [0, 0.05) is 12.6 Å². The molecule has 1 unspecified atom stereocenters. The van der Waals surface area contributed by atoms with Crippen LogP contribution in [-0.2, 0) is 9.59 Å². The lowest BCUT2D eigenvalue weighted by Gasteiger charge is -2.25. The highest BCUT2D eigenvalue weighted by Gasteiger charge is 2.30. The topological polar surface area (TPSA) is 58.6 Å². The smallest absolute Gasteiger partial charge is 0.265 e. The number of amides is 2. The molecule has 1 saturated heterocycles. The maximum atomic E-state index is 12.2. The lowest BCUT2D eigenvalue weighted by molar-refractivity contribution is -0.128. The average molecular weight is 318 g/mol. The highest BCUT2D eigenvalue weighted by molar-refractivity contribution is 7.80. The van der Waals surface area contributed by atoms with E-state index in [9.17, 15) is 9.59 Å². The van der Waals surface area contributed by atoms with Gasteiger partial charge < -0.3 is 4.74 Å². The Morgan fingerprint density at radius 2 is 2.05 bits per heavy atom. The molecule has 0 radical (unpaired) electrons. The van der Waals surface area contributed by atoms with Crippen molar-refractivity contribution in [3.63, 3.8) is 0 Å².